The van der Waals surface area contributed by atoms with Gasteiger partial charge < -0.3 is 14.6 Å². The van der Waals surface area contributed by atoms with E-state index in [1.807, 2.05) is 54.2 Å². The van der Waals surface area contributed by atoms with Crippen LogP contribution in [0.5, 0.6) is 5.75 Å². The van der Waals surface area contributed by atoms with Gasteiger partial charge in [0.05, 0.1) is 26.1 Å². The average molecular weight is 651 g/mol. The van der Waals surface area contributed by atoms with Crippen molar-refractivity contribution >= 4 is 35.5 Å². The highest BCUT2D eigenvalue weighted by molar-refractivity contribution is 8.00. The van der Waals surface area contributed by atoms with Crippen LogP contribution in [-0.4, -0.2) is 71.5 Å². The summed E-state index contributed by atoms with van der Waals surface area (Å²) in [7, 11) is 2.99. The predicted molar refractivity (Wildman–Crippen MR) is 160 cm³/mol. The first-order valence-corrected chi connectivity index (χ1v) is 15.7. The number of hydrogen-bond donors (Lipinski definition) is 2. The molecule has 244 valence electrons. The van der Waals surface area contributed by atoms with Gasteiger partial charge in [-0.1, -0.05) is 55.7 Å². The fraction of sp³-hybridized carbons (Fsp3) is 0.500. The number of aliphatic carboxylic acids is 1. The van der Waals surface area contributed by atoms with Crippen molar-refractivity contribution in [3.8, 4) is 5.75 Å². The topological polar surface area (TPSA) is 122 Å². The second-order valence-corrected chi connectivity index (χ2v) is 12.6. The van der Waals surface area contributed by atoms with Crippen LogP contribution in [0.2, 0.25) is 0 Å². The van der Waals surface area contributed by atoms with Gasteiger partial charge in [0.15, 0.2) is 0 Å². The summed E-state index contributed by atoms with van der Waals surface area (Å²) in [5.74, 6) is -4.70. The first kappa shape index (κ1) is 34.3. The van der Waals surface area contributed by atoms with E-state index in [4.69, 9.17) is 19.4 Å². The Morgan fingerprint density at radius 2 is 1.69 bits per heavy atom. The number of rotatable bonds is 8. The number of esters is 1. The third kappa shape index (κ3) is 7.14. The molecule has 45 heavy (non-hydrogen) atoms. The molecule has 4 atom stereocenters. The molecule has 0 aromatic heterocycles. The maximum absolute atomic E-state index is 13.7. The summed E-state index contributed by atoms with van der Waals surface area (Å²) >= 11 is 1.85. The number of carbonyl (C=O) groups is 4. The zero-order chi connectivity index (χ0) is 32.9. The number of nitrogens with one attached hydrogen (secondary N) is 1. The minimum atomic E-state index is -5.08. The number of likely N-dealkylation sites (tertiary alicyclic amines) is 1. The van der Waals surface area contributed by atoms with Crippen LogP contribution >= 0.6 is 11.8 Å². The van der Waals surface area contributed by atoms with E-state index in [-0.39, 0.29) is 24.8 Å². The number of hydrogen-bond acceptors (Lipinski definition) is 8. The van der Waals surface area contributed by atoms with Crippen molar-refractivity contribution in [2.45, 2.75) is 73.4 Å². The fourth-order valence-corrected chi connectivity index (χ4v) is 7.85. The number of imide groups is 1. The molecule has 0 bridgehead atoms. The molecule has 3 fully saturated rings. The van der Waals surface area contributed by atoms with Crippen LogP contribution in [0.1, 0.15) is 56.2 Å². The molecule has 2 saturated heterocycles. The maximum atomic E-state index is 13.7. The number of thioether (sulfide) groups is 1. The Kier molecular flexibility index (Phi) is 10.9. The van der Waals surface area contributed by atoms with Crippen molar-refractivity contribution in [2.24, 2.45) is 11.8 Å². The standard InChI is InChI=1S/C30H36N2O5S.C2HF3O2/c1-4-32-27(33)24-25(28(32)34)30(29(35)37-3,18-19-11-7-5-8-12-19)31-26(24)20-15-16-23(22(17-20)36-2)38-21-13-9-6-10-14-21;3-2(4,5)1(6)7/h5,7-8,11-12,15-17,21,24-26,31H,4,6,9-10,13-14,18H2,1-3H3;(H,6,7)/t24?,25?,26?,30-;/m1./s1. The van der Waals surface area contributed by atoms with Crippen LogP contribution in [0.25, 0.3) is 0 Å². The van der Waals surface area contributed by atoms with E-state index in [1.54, 1.807) is 14.0 Å². The number of ether oxygens (including phenoxy) is 2. The van der Waals surface area contributed by atoms with Gasteiger partial charge in [0.1, 0.15) is 11.3 Å². The van der Waals surface area contributed by atoms with Crippen LogP contribution in [0, 0.1) is 11.8 Å². The van der Waals surface area contributed by atoms with Crippen LogP contribution in [0.15, 0.2) is 53.4 Å². The van der Waals surface area contributed by atoms with Crippen molar-refractivity contribution in [3.63, 3.8) is 0 Å². The number of benzene rings is 2. The monoisotopic (exact) mass is 650 g/mol. The molecule has 0 spiro atoms. The zero-order valence-electron chi connectivity index (χ0n) is 25.3. The molecule has 2 aromatic carbocycles. The highest BCUT2D eigenvalue weighted by Gasteiger charge is 2.68. The fourth-order valence-electron chi connectivity index (χ4n) is 6.52. The SMILES string of the molecule is CCN1C(=O)C2C(c3ccc(SC4CCCCC4)c(OC)c3)N[C@@](Cc3ccccc3)(C(=O)OC)C2C1=O.O=C(O)C(F)(F)F. The van der Waals surface area contributed by atoms with E-state index in [0.717, 1.165) is 21.8 Å². The molecule has 13 heteroatoms. The van der Waals surface area contributed by atoms with Crippen molar-refractivity contribution in [3.05, 3.63) is 59.7 Å². The Morgan fingerprint density at radius 1 is 1.04 bits per heavy atom. The Hall–Kier alpha value is -3.58. The molecule has 1 saturated carbocycles. The maximum Gasteiger partial charge on any atom is 0.490 e. The molecule has 5 rings (SSSR count). The molecule has 2 aromatic rings. The van der Waals surface area contributed by atoms with Gasteiger partial charge in [-0.05, 0) is 43.0 Å². The lowest BCUT2D eigenvalue weighted by molar-refractivity contribution is -0.192. The van der Waals surface area contributed by atoms with E-state index in [0.29, 0.717) is 5.25 Å². The molecule has 2 N–H and O–H groups in total. The predicted octanol–water partition coefficient (Wildman–Crippen LogP) is 5.17. The normalized spacial score (nSPS) is 24.9. The Labute approximate surface area is 263 Å². The minimum Gasteiger partial charge on any atom is -0.496 e. The van der Waals surface area contributed by atoms with Crippen LogP contribution in [-0.2, 0) is 30.3 Å². The highest BCUT2D eigenvalue weighted by atomic mass is 32.2. The molecule has 2 amide bonds. The first-order chi connectivity index (χ1) is 21.4. The Bertz CT molecular complexity index is 1400. The van der Waals surface area contributed by atoms with Crippen molar-refractivity contribution in [1.82, 2.24) is 10.2 Å². The first-order valence-electron chi connectivity index (χ1n) is 14.8. The Balaban J connectivity index is 0.000000591. The van der Waals surface area contributed by atoms with E-state index in [9.17, 15) is 27.6 Å². The number of carboxylic acid groups (broad SMARTS) is 1. The highest BCUT2D eigenvalue weighted by Crippen LogP contribution is 2.51. The number of carbonyl (C=O) groups excluding carboxylic acids is 3. The van der Waals surface area contributed by atoms with Crippen LogP contribution < -0.4 is 10.1 Å². The number of fused-ring (bicyclic) bond motifs is 1. The summed E-state index contributed by atoms with van der Waals surface area (Å²) < 4.78 is 42.8. The largest absolute Gasteiger partial charge is 0.496 e. The van der Waals surface area contributed by atoms with E-state index < -0.39 is 41.5 Å². The molecule has 3 aliphatic rings. The summed E-state index contributed by atoms with van der Waals surface area (Å²) in [5.41, 5.74) is 0.338. The van der Waals surface area contributed by atoms with Gasteiger partial charge in [0, 0.05) is 29.2 Å². The zero-order valence-corrected chi connectivity index (χ0v) is 26.1. The third-order valence-corrected chi connectivity index (χ3v) is 9.97. The van der Waals surface area contributed by atoms with E-state index >= 15 is 0 Å². The molecule has 9 nitrogen and oxygen atoms in total. The molecule has 1 aliphatic carbocycles. The number of halogens is 3. The van der Waals surface area contributed by atoms with Crippen molar-refractivity contribution in [1.29, 1.82) is 0 Å². The number of nitrogens with zero attached hydrogens (tertiary/aromatic N) is 1. The summed E-state index contributed by atoms with van der Waals surface area (Å²) in [4.78, 5) is 52.1. The van der Waals surface area contributed by atoms with Gasteiger partial charge in [-0.2, -0.15) is 13.2 Å². The molecule has 0 radical (unpaired) electrons. The molecular weight excluding hydrogens is 613 g/mol. The number of methoxy groups -OCH3 is 2. The third-order valence-electron chi connectivity index (χ3n) is 8.57. The molecule has 2 heterocycles. The summed E-state index contributed by atoms with van der Waals surface area (Å²) in [6.07, 6.45) is 1.38. The summed E-state index contributed by atoms with van der Waals surface area (Å²) in [6, 6.07) is 15.0. The van der Waals surface area contributed by atoms with Gasteiger partial charge in [0.25, 0.3) is 0 Å². The second-order valence-electron chi connectivity index (χ2n) is 11.3. The molecular formula is C32H37F3N2O7S. The number of alkyl halides is 3. The van der Waals surface area contributed by atoms with Gasteiger partial charge >= 0.3 is 18.1 Å². The van der Waals surface area contributed by atoms with Crippen molar-refractivity contribution in [2.75, 3.05) is 20.8 Å². The average Bonchev–Trinajstić information content (AvgIpc) is 3.50. The van der Waals surface area contributed by atoms with Gasteiger partial charge in [-0.25, -0.2) is 4.79 Å². The second kappa shape index (κ2) is 14.2. The number of amides is 2. The molecule has 2 aliphatic heterocycles. The molecule has 3 unspecified atom stereocenters. The number of carboxylic acids is 1. The van der Waals surface area contributed by atoms with Gasteiger partial charge in [-0.3, -0.25) is 24.6 Å². The van der Waals surface area contributed by atoms with Crippen molar-refractivity contribution < 1.29 is 46.9 Å². The quantitative estimate of drug-likeness (QED) is 0.294. The summed E-state index contributed by atoms with van der Waals surface area (Å²) in [5, 5.41) is 11.2. The van der Waals surface area contributed by atoms with Crippen LogP contribution in [0.4, 0.5) is 13.2 Å². The lowest BCUT2D eigenvalue weighted by Crippen LogP contribution is -2.57. The lowest BCUT2D eigenvalue weighted by atomic mass is 9.76. The van der Waals surface area contributed by atoms with Gasteiger partial charge in [-0.15, -0.1) is 11.8 Å². The smallest absolute Gasteiger partial charge is 0.490 e. The van der Waals surface area contributed by atoms with Crippen LogP contribution in [0.3, 0.4) is 0 Å². The minimum absolute atomic E-state index is 0.238. The van der Waals surface area contributed by atoms with E-state index in [2.05, 4.69) is 11.4 Å². The van der Waals surface area contributed by atoms with Gasteiger partial charge in [0.2, 0.25) is 11.8 Å². The summed E-state index contributed by atoms with van der Waals surface area (Å²) in [6.45, 7) is 2.05. The Morgan fingerprint density at radius 3 is 2.24 bits per heavy atom. The lowest BCUT2D eigenvalue weighted by Gasteiger charge is -2.32. The van der Waals surface area contributed by atoms with E-state index in [1.165, 1.54) is 44.1 Å².